The minimum absolute atomic E-state index is 0.155. The van der Waals surface area contributed by atoms with E-state index in [9.17, 15) is 17.6 Å². The Morgan fingerprint density at radius 1 is 1.19 bits per heavy atom. The maximum atomic E-state index is 14.2. The summed E-state index contributed by atoms with van der Waals surface area (Å²) >= 11 is 0. The first-order valence-electron chi connectivity index (χ1n) is 8.24. The Labute approximate surface area is 156 Å². The third-order valence-corrected chi connectivity index (χ3v) is 6.02. The van der Waals surface area contributed by atoms with Gasteiger partial charge in [0.05, 0.1) is 20.3 Å². The van der Waals surface area contributed by atoms with E-state index >= 15 is 0 Å². The molecule has 0 unspecified atom stereocenters. The van der Waals surface area contributed by atoms with E-state index in [1.165, 1.54) is 17.5 Å². The zero-order chi connectivity index (χ0) is 19.4. The summed E-state index contributed by atoms with van der Waals surface area (Å²) in [5.41, 5.74) is 0.507. The maximum Gasteiger partial charge on any atom is 0.255 e. The van der Waals surface area contributed by atoms with Crippen LogP contribution < -0.4 is 10.1 Å². The van der Waals surface area contributed by atoms with Crippen LogP contribution in [-0.4, -0.2) is 52.0 Å². The van der Waals surface area contributed by atoms with Gasteiger partial charge in [0.1, 0.15) is 16.5 Å². The average molecular weight is 394 g/mol. The molecule has 27 heavy (non-hydrogen) atoms. The number of anilines is 1. The van der Waals surface area contributed by atoms with Crippen molar-refractivity contribution in [2.24, 2.45) is 0 Å². The molecule has 3 rings (SSSR count). The van der Waals surface area contributed by atoms with E-state index in [2.05, 4.69) is 5.32 Å². The van der Waals surface area contributed by atoms with E-state index in [0.717, 1.165) is 12.1 Å². The monoisotopic (exact) mass is 394 g/mol. The van der Waals surface area contributed by atoms with Crippen molar-refractivity contribution in [1.82, 2.24) is 4.31 Å². The molecule has 0 spiro atoms. The molecule has 0 radical (unpaired) electrons. The highest BCUT2D eigenvalue weighted by Crippen LogP contribution is 2.24. The van der Waals surface area contributed by atoms with Crippen LogP contribution in [0.2, 0.25) is 0 Å². The molecule has 2 aromatic carbocycles. The fraction of sp³-hybridized carbons (Fsp3) is 0.278. The third kappa shape index (κ3) is 4.26. The van der Waals surface area contributed by atoms with Gasteiger partial charge < -0.3 is 14.8 Å². The fourth-order valence-corrected chi connectivity index (χ4v) is 4.17. The van der Waals surface area contributed by atoms with Crippen LogP contribution in [0.3, 0.4) is 0 Å². The second kappa shape index (κ2) is 8.03. The Morgan fingerprint density at radius 3 is 2.63 bits per heavy atom. The lowest BCUT2D eigenvalue weighted by Crippen LogP contribution is -2.40. The van der Waals surface area contributed by atoms with Crippen LogP contribution in [0.1, 0.15) is 10.4 Å². The summed E-state index contributed by atoms with van der Waals surface area (Å²) < 4.78 is 51.0. The number of nitrogens with zero attached hydrogens (tertiary/aromatic N) is 1. The first kappa shape index (κ1) is 19.3. The normalized spacial score (nSPS) is 15.3. The fourth-order valence-electron chi connectivity index (χ4n) is 2.67. The Kier molecular flexibility index (Phi) is 5.73. The largest absolute Gasteiger partial charge is 0.497 e. The van der Waals surface area contributed by atoms with Crippen LogP contribution in [0.5, 0.6) is 5.75 Å². The van der Waals surface area contributed by atoms with Gasteiger partial charge in [0.2, 0.25) is 10.0 Å². The first-order valence-corrected chi connectivity index (χ1v) is 9.68. The lowest BCUT2D eigenvalue weighted by molar-refractivity contribution is 0.0729. The third-order valence-electron chi connectivity index (χ3n) is 4.11. The second-order valence-electron chi connectivity index (χ2n) is 5.85. The molecule has 1 amide bonds. The highest BCUT2D eigenvalue weighted by atomic mass is 32.2. The molecule has 1 saturated heterocycles. The van der Waals surface area contributed by atoms with Crippen molar-refractivity contribution >= 4 is 21.6 Å². The zero-order valence-corrected chi connectivity index (χ0v) is 15.5. The summed E-state index contributed by atoms with van der Waals surface area (Å²) in [7, 11) is -2.53. The molecule has 0 saturated carbocycles. The Bertz CT molecular complexity index is 943. The summed E-state index contributed by atoms with van der Waals surface area (Å²) in [5.74, 6) is -0.826. The second-order valence-corrected chi connectivity index (χ2v) is 7.75. The van der Waals surface area contributed by atoms with Crippen LogP contribution in [-0.2, 0) is 14.8 Å². The van der Waals surface area contributed by atoms with Crippen molar-refractivity contribution < 1.29 is 27.1 Å². The standard InChI is InChI=1S/C18H19FN2O5S/c1-25-15-4-2-3-13(11-15)18(22)20-14-5-6-16(19)17(12-14)27(23,24)21-7-9-26-10-8-21/h2-6,11-12H,7-10H2,1H3,(H,20,22). The van der Waals surface area contributed by atoms with Crippen LogP contribution in [0, 0.1) is 5.82 Å². The minimum Gasteiger partial charge on any atom is -0.497 e. The van der Waals surface area contributed by atoms with E-state index in [4.69, 9.17) is 9.47 Å². The molecule has 1 heterocycles. The number of morpholine rings is 1. The minimum atomic E-state index is -4.02. The summed E-state index contributed by atoms with van der Waals surface area (Å²) in [6, 6.07) is 9.95. The molecule has 2 aromatic rings. The van der Waals surface area contributed by atoms with Gasteiger partial charge in [-0.25, -0.2) is 12.8 Å². The smallest absolute Gasteiger partial charge is 0.255 e. The predicted molar refractivity (Wildman–Crippen MR) is 96.9 cm³/mol. The number of rotatable bonds is 5. The number of ether oxygens (including phenoxy) is 2. The van der Waals surface area contributed by atoms with Crippen molar-refractivity contribution in [3.8, 4) is 5.75 Å². The van der Waals surface area contributed by atoms with E-state index in [1.807, 2.05) is 0 Å². The van der Waals surface area contributed by atoms with E-state index in [1.54, 1.807) is 24.3 Å². The lowest BCUT2D eigenvalue weighted by atomic mass is 10.2. The van der Waals surface area contributed by atoms with Crippen molar-refractivity contribution in [1.29, 1.82) is 0 Å². The van der Waals surface area contributed by atoms with Gasteiger partial charge in [-0.05, 0) is 36.4 Å². The molecule has 144 valence electrons. The Morgan fingerprint density at radius 2 is 1.93 bits per heavy atom. The van der Waals surface area contributed by atoms with E-state index in [-0.39, 0.29) is 32.0 Å². The number of methoxy groups -OCH3 is 1. The number of amides is 1. The van der Waals surface area contributed by atoms with Crippen molar-refractivity contribution in [3.05, 3.63) is 53.8 Å². The summed E-state index contributed by atoms with van der Waals surface area (Å²) in [6.45, 7) is 0.824. The number of hydrogen-bond acceptors (Lipinski definition) is 5. The summed E-state index contributed by atoms with van der Waals surface area (Å²) in [4.78, 5) is 11.9. The molecule has 0 atom stereocenters. The van der Waals surface area contributed by atoms with Crippen LogP contribution in [0.4, 0.5) is 10.1 Å². The molecule has 7 nitrogen and oxygen atoms in total. The number of carbonyl (C=O) groups is 1. The maximum absolute atomic E-state index is 14.2. The van der Waals surface area contributed by atoms with Crippen molar-refractivity contribution in [3.63, 3.8) is 0 Å². The molecule has 9 heteroatoms. The van der Waals surface area contributed by atoms with Crippen LogP contribution in [0.25, 0.3) is 0 Å². The zero-order valence-electron chi connectivity index (χ0n) is 14.6. The van der Waals surface area contributed by atoms with Gasteiger partial charge in [-0.1, -0.05) is 6.07 Å². The Hall–Kier alpha value is -2.49. The topological polar surface area (TPSA) is 84.9 Å². The van der Waals surface area contributed by atoms with Crippen molar-refractivity contribution in [2.45, 2.75) is 4.90 Å². The highest BCUT2D eigenvalue weighted by Gasteiger charge is 2.29. The lowest BCUT2D eigenvalue weighted by Gasteiger charge is -2.26. The van der Waals surface area contributed by atoms with Crippen LogP contribution >= 0.6 is 0 Å². The number of benzene rings is 2. The van der Waals surface area contributed by atoms with Gasteiger partial charge in [0.15, 0.2) is 0 Å². The number of nitrogens with one attached hydrogen (secondary N) is 1. The van der Waals surface area contributed by atoms with Crippen LogP contribution in [0.15, 0.2) is 47.4 Å². The van der Waals surface area contributed by atoms with Gasteiger partial charge in [-0.3, -0.25) is 4.79 Å². The van der Waals surface area contributed by atoms with Gasteiger partial charge in [0.25, 0.3) is 5.91 Å². The molecule has 1 N–H and O–H groups in total. The number of halogens is 1. The number of sulfonamides is 1. The average Bonchev–Trinajstić information content (AvgIpc) is 2.70. The molecule has 1 aliphatic rings. The first-order chi connectivity index (χ1) is 12.9. The molecule has 0 bridgehead atoms. The number of hydrogen-bond donors (Lipinski definition) is 1. The van der Waals surface area contributed by atoms with E-state index < -0.39 is 26.6 Å². The van der Waals surface area contributed by atoms with Gasteiger partial charge in [-0.15, -0.1) is 0 Å². The molecule has 1 aliphatic heterocycles. The molecular formula is C18H19FN2O5S. The molecule has 1 fully saturated rings. The predicted octanol–water partition coefficient (Wildman–Crippen LogP) is 2.11. The molecule has 0 aliphatic carbocycles. The van der Waals surface area contributed by atoms with Gasteiger partial charge in [-0.2, -0.15) is 4.31 Å². The van der Waals surface area contributed by atoms with Gasteiger partial charge >= 0.3 is 0 Å². The van der Waals surface area contributed by atoms with Gasteiger partial charge in [0, 0.05) is 24.3 Å². The van der Waals surface area contributed by atoms with Crippen molar-refractivity contribution in [2.75, 3.05) is 38.7 Å². The molecular weight excluding hydrogens is 375 g/mol. The summed E-state index contributed by atoms with van der Waals surface area (Å²) in [5, 5.41) is 2.58. The quantitative estimate of drug-likeness (QED) is 0.840. The summed E-state index contributed by atoms with van der Waals surface area (Å²) in [6.07, 6.45) is 0. The SMILES string of the molecule is COc1cccc(C(=O)Nc2ccc(F)c(S(=O)(=O)N3CCOCC3)c2)c1. The Balaban J connectivity index is 1.85. The van der Waals surface area contributed by atoms with E-state index in [0.29, 0.717) is 11.3 Å². The molecule has 0 aromatic heterocycles. The highest BCUT2D eigenvalue weighted by molar-refractivity contribution is 7.89. The number of carbonyl (C=O) groups excluding carboxylic acids is 1.